The van der Waals surface area contributed by atoms with E-state index >= 15 is 0 Å². The van der Waals surface area contributed by atoms with Crippen molar-refractivity contribution in [3.63, 3.8) is 0 Å². The summed E-state index contributed by atoms with van der Waals surface area (Å²) in [6.07, 6.45) is 1.14. The minimum atomic E-state index is 0.713. The molecule has 0 aromatic heterocycles. The van der Waals surface area contributed by atoms with Gasteiger partial charge in [-0.1, -0.05) is 24.6 Å². The highest BCUT2D eigenvalue weighted by molar-refractivity contribution is 6.30. The monoisotopic (exact) mass is 270 g/mol. The van der Waals surface area contributed by atoms with Crippen LogP contribution in [0.4, 0.5) is 5.69 Å². The summed E-state index contributed by atoms with van der Waals surface area (Å²) in [6, 6.07) is 6.04. The van der Waals surface area contributed by atoms with Crippen LogP contribution >= 0.6 is 11.6 Å². The maximum atomic E-state index is 6.08. The lowest BCUT2D eigenvalue weighted by Crippen LogP contribution is -2.24. The first kappa shape index (κ1) is 15.3. The number of anilines is 1. The average molecular weight is 271 g/mol. The molecule has 1 rings (SSSR count). The minimum absolute atomic E-state index is 0.713. The SMILES string of the molecule is CCCNCc1ccc(Cl)cc1N(C)CCOC. The van der Waals surface area contributed by atoms with Gasteiger partial charge < -0.3 is 15.0 Å². The highest BCUT2D eigenvalue weighted by atomic mass is 35.5. The van der Waals surface area contributed by atoms with Crippen molar-refractivity contribution in [1.82, 2.24) is 5.32 Å². The van der Waals surface area contributed by atoms with Crippen molar-refractivity contribution in [3.05, 3.63) is 28.8 Å². The fraction of sp³-hybridized carbons (Fsp3) is 0.571. The van der Waals surface area contributed by atoms with Gasteiger partial charge in [0.1, 0.15) is 0 Å². The van der Waals surface area contributed by atoms with E-state index < -0.39 is 0 Å². The van der Waals surface area contributed by atoms with Crippen LogP contribution in [0.2, 0.25) is 5.02 Å². The number of methoxy groups -OCH3 is 1. The Morgan fingerprint density at radius 3 is 2.83 bits per heavy atom. The van der Waals surface area contributed by atoms with E-state index in [1.807, 2.05) is 12.1 Å². The molecule has 0 saturated carbocycles. The average Bonchev–Trinajstić information content (AvgIpc) is 2.38. The lowest BCUT2D eigenvalue weighted by Gasteiger charge is -2.22. The quantitative estimate of drug-likeness (QED) is 0.735. The van der Waals surface area contributed by atoms with Gasteiger partial charge in [0.2, 0.25) is 0 Å². The molecule has 0 bridgehead atoms. The fourth-order valence-electron chi connectivity index (χ4n) is 1.79. The Morgan fingerprint density at radius 1 is 1.39 bits per heavy atom. The number of likely N-dealkylation sites (N-methyl/N-ethyl adjacent to an activating group) is 1. The molecule has 0 atom stereocenters. The van der Waals surface area contributed by atoms with E-state index in [-0.39, 0.29) is 0 Å². The lowest BCUT2D eigenvalue weighted by atomic mass is 10.1. The van der Waals surface area contributed by atoms with E-state index in [9.17, 15) is 0 Å². The van der Waals surface area contributed by atoms with Crippen LogP contribution in [0.15, 0.2) is 18.2 Å². The molecule has 0 aliphatic heterocycles. The summed E-state index contributed by atoms with van der Waals surface area (Å²) in [6.45, 7) is 5.64. The summed E-state index contributed by atoms with van der Waals surface area (Å²) in [5.41, 5.74) is 2.44. The molecule has 3 nitrogen and oxygen atoms in total. The van der Waals surface area contributed by atoms with Crippen molar-refractivity contribution in [2.75, 3.05) is 38.8 Å². The van der Waals surface area contributed by atoms with Crippen LogP contribution in [0, 0.1) is 0 Å². The minimum Gasteiger partial charge on any atom is -0.383 e. The fourth-order valence-corrected chi connectivity index (χ4v) is 1.96. The van der Waals surface area contributed by atoms with E-state index in [0.29, 0.717) is 6.61 Å². The highest BCUT2D eigenvalue weighted by Crippen LogP contribution is 2.24. The number of nitrogens with zero attached hydrogens (tertiary/aromatic N) is 1. The Labute approximate surface area is 115 Å². The predicted octanol–water partition coefficient (Wildman–Crippen LogP) is 2.92. The zero-order chi connectivity index (χ0) is 13.4. The Balaban J connectivity index is 2.75. The first-order valence-corrected chi connectivity index (χ1v) is 6.76. The summed E-state index contributed by atoms with van der Waals surface area (Å²) < 4.78 is 5.11. The summed E-state index contributed by atoms with van der Waals surface area (Å²) in [7, 11) is 3.78. The Bertz CT molecular complexity index is 358. The molecule has 1 N–H and O–H groups in total. The maximum absolute atomic E-state index is 6.08. The third-order valence-corrected chi connectivity index (χ3v) is 3.07. The molecule has 0 spiro atoms. The van der Waals surface area contributed by atoms with Gasteiger partial charge in [0.25, 0.3) is 0 Å². The molecule has 0 aliphatic carbocycles. The van der Waals surface area contributed by atoms with Gasteiger partial charge in [-0.15, -0.1) is 0 Å². The second kappa shape index (κ2) is 8.35. The predicted molar refractivity (Wildman–Crippen MR) is 78.6 cm³/mol. The van der Waals surface area contributed by atoms with Crippen molar-refractivity contribution >= 4 is 17.3 Å². The van der Waals surface area contributed by atoms with Gasteiger partial charge in [-0.2, -0.15) is 0 Å². The zero-order valence-corrected chi connectivity index (χ0v) is 12.3. The van der Waals surface area contributed by atoms with E-state index in [1.165, 1.54) is 11.3 Å². The van der Waals surface area contributed by atoms with Gasteiger partial charge in [0, 0.05) is 38.0 Å². The molecule has 0 aliphatic rings. The standard InChI is InChI=1S/C14H23ClN2O/c1-4-7-16-11-12-5-6-13(15)10-14(12)17(2)8-9-18-3/h5-6,10,16H,4,7-9,11H2,1-3H3. The Morgan fingerprint density at radius 2 is 2.17 bits per heavy atom. The summed E-state index contributed by atoms with van der Waals surface area (Å²) in [5.74, 6) is 0. The molecule has 18 heavy (non-hydrogen) atoms. The molecule has 0 radical (unpaired) electrons. The van der Waals surface area contributed by atoms with Crippen LogP contribution in [0.25, 0.3) is 0 Å². The van der Waals surface area contributed by atoms with Gasteiger partial charge >= 0.3 is 0 Å². The molecule has 0 heterocycles. The highest BCUT2D eigenvalue weighted by Gasteiger charge is 2.08. The molecule has 1 aromatic carbocycles. The van der Waals surface area contributed by atoms with Crippen LogP contribution in [0.5, 0.6) is 0 Å². The van der Waals surface area contributed by atoms with Crippen LogP contribution in [-0.4, -0.2) is 33.9 Å². The normalized spacial score (nSPS) is 10.7. The molecule has 4 heteroatoms. The summed E-state index contributed by atoms with van der Waals surface area (Å²) >= 11 is 6.08. The molecule has 0 unspecified atom stereocenters. The number of hydrogen-bond acceptors (Lipinski definition) is 3. The third-order valence-electron chi connectivity index (χ3n) is 2.83. The van der Waals surface area contributed by atoms with Gasteiger partial charge in [0.15, 0.2) is 0 Å². The van der Waals surface area contributed by atoms with Crippen LogP contribution in [0.3, 0.4) is 0 Å². The first-order chi connectivity index (χ1) is 8.69. The molecule has 102 valence electrons. The molecule has 0 amide bonds. The molecule has 0 saturated heterocycles. The molecular weight excluding hydrogens is 248 g/mol. The number of benzene rings is 1. The van der Waals surface area contributed by atoms with Gasteiger partial charge in [-0.3, -0.25) is 0 Å². The lowest BCUT2D eigenvalue weighted by molar-refractivity contribution is 0.206. The van der Waals surface area contributed by atoms with Gasteiger partial charge in [-0.25, -0.2) is 0 Å². The van der Waals surface area contributed by atoms with E-state index in [0.717, 1.165) is 31.1 Å². The Kier molecular flexibility index (Phi) is 7.09. The topological polar surface area (TPSA) is 24.5 Å². The van der Waals surface area contributed by atoms with E-state index in [1.54, 1.807) is 7.11 Å². The van der Waals surface area contributed by atoms with E-state index in [2.05, 4.69) is 30.3 Å². The van der Waals surface area contributed by atoms with Crippen LogP contribution < -0.4 is 10.2 Å². The third kappa shape index (κ3) is 4.84. The van der Waals surface area contributed by atoms with Gasteiger partial charge in [0.05, 0.1) is 6.61 Å². The van der Waals surface area contributed by atoms with Crippen molar-refractivity contribution < 1.29 is 4.74 Å². The second-order valence-corrected chi connectivity index (χ2v) is 4.80. The smallest absolute Gasteiger partial charge is 0.0637 e. The van der Waals surface area contributed by atoms with Crippen molar-refractivity contribution in [1.29, 1.82) is 0 Å². The molecule has 1 aromatic rings. The van der Waals surface area contributed by atoms with Crippen molar-refractivity contribution in [2.45, 2.75) is 19.9 Å². The van der Waals surface area contributed by atoms with Crippen molar-refractivity contribution in [3.8, 4) is 0 Å². The maximum Gasteiger partial charge on any atom is 0.0637 e. The Hall–Kier alpha value is -0.770. The molecule has 0 fully saturated rings. The number of nitrogens with one attached hydrogen (secondary N) is 1. The zero-order valence-electron chi connectivity index (χ0n) is 11.5. The molecular formula is C14H23ClN2O. The number of ether oxygens (including phenoxy) is 1. The largest absolute Gasteiger partial charge is 0.383 e. The van der Waals surface area contributed by atoms with Crippen LogP contribution in [-0.2, 0) is 11.3 Å². The van der Waals surface area contributed by atoms with Crippen LogP contribution in [0.1, 0.15) is 18.9 Å². The number of hydrogen-bond donors (Lipinski definition) is 1. The number of halogens is 1. The second-order valence-electron chi connectivity index (χ2n) is 4.36. The van der Waals surface area contributed by atoms with Crippen molar-refractivity contribution in [2.24, 2.45) is 0 Å². The summed E-state index contributed by atoms with van der Waals surface area (Å²) in [4.78, 5) is 2.18. The van der Waals surface area contributed by atoms with E-state index in [4.69, 9.17) is 16.3 Å². The first-order valence-electron chi connectivity index (χ1n) is 6.38. The van der Waals surface area contributed by atoms with Gasteiger partial charge in [-0.05, 0) is 30.7 Å². The summed E-state index contributed by atoms with van der Waals surface area (Å²) in [5, 5.41) is 4.19. The number of rotatable bonds is 8.